The van der Waals surface area contributed by atoms with Gasteiger partial charge in [-0.05, 0) is 36.2 Å². The molecule has 4 rings (SSSR count). The Kier molecular flexibility index (Phi) is 6.10. The molecule has 1 atom stereocenters. The van der Waals surface area contributed by atoms with Crippen LogP contribution in [-0.4, -0.2) is 27.6 Å². The molecule has 164 valence electrons. The maximum Gasteiger partial charge on any atom is 0.274 e. The molecule has 1 heterocycles. The lowest BCUT2D eigenvalue weighted by Gasteiger charge is -2.26. The van der Waals surface area contributed by atoms with Crippen molar-refractivity contribution in [2.24, 2.45) is 0 Å². The molecule has 0 aliphatic heterocycles. The summed E-state index contributed by atoms with van der Waals surface area (Å²) in [7, 11) is 0. The normalized spacial score (nSPS) is 12.6. The number of rotatable bonds is 7. The van der Waals surface area contributed by atoms with Crippen molar-refractivity contribution in [3.05, 3.63) is 106 Å². The fraction of sp³-hybridized carbons (Fsp3) is 0.259. The minimum absolute atomic E-state index is 0.0709. The van der Waals surface area contributed by atoms with Crippen molar-refractivity contribution in [2.45, 2.75) is 38.8 Å². The van der Waals surface area contributed by atoms with Crippen LogP contribution in [0.3, 0.4) is 0 Å². The van der Waals surface area contributed by atoms with E-state index in [4.69, 9.17) is 4.74 Å². The van der Waals surface area contributed by atoms with Crippen LogP contribution >= 0.6 is 0 Å². The highest BCUT2D eigenvalue weighted by atomic mass is 16.5. The molecular weight excluding hydrogens is 400 g/mol. The maximum absolute atomic E-state index is 12.7. The molecule has 0 spiro atoms. The standard InChI is InChI=1S/C27H28N2O3/c1-19-24-11-7-8-12-25(24)26(31)29(28-19)17-22(30)18-32-23-15-13-21(14-16-23)27(2,3)20-9-5-4-6-10-20/h4-16,22,30H,17-18H2,1-3H3/t22-/m1/s1. The van der Waals surface area contributed by atoms with Crippen LogP contribution in [0, 0.1) is 6.92 Å². The molecular formula is C27H28N2O3. The number of aromatic nitrogens is 2. The van der Waals surface area contributed by atoms with Crippen LogP contribution < -0.4 is 10.3 Å². The number of hydrogen-bond acceptors (Lipinski definition) is 4. The van der Waals surface area contributed by atoms with E-state index in [1.54, 1.807) is 6.07 Å². The van der Waals surface area contributed by atoms with Gasteiger partial charge in [-0.15, -0.1) is 0 Å². The number of ether oxygens (including phenoxy) is 1. The first-order valence-electron chi connectivity index (χ1n) is 10.8. The third-order valence-corrected chi connectivity index (χ3v) is 5.95. The molecule has 0 bridgehead atoms. The number of hydrogen-bond donors (Lipinski definition) is 1. The zero-order valence-corrected chi connectivity index (χ0v) is 18.7. The van der Waals surface area contributed by atoms with Gasteiger partial charge >= 0.3 is 0 Å². The Labute approximate surface area is 187 Å². The Hall–Kier alpha value is -3.44. The van der Waals surface area contributed by atoms with Gasteiger partial charge < -0.3 is 9.84 Å². The van der Waals surface area contributed by atoms with Gasteiger partial charge in [0, 0.05) is 10.8 Å². The predicted molar refractivity (Wildman–Crippen MR) is 127 cm³/mol. The number of aliphatic hydroxyl groups excluding tert-OH is 1. The van der Waals surface area contributed by atoms with E-state index >= 15 is 0 Å². The van der Waals surface area contributed by atoms with Gasteiger partial charge in [0.15, 0.2) is 0 Å². The zero-order chi connectivity index (χ0) is 22.7. The summed E-state index contributed by atoms with van der Waals surface area (Å²) in [5.41, 5.74) is 2.84. The van der Waals surface area contributed by atoms with Gasteiger partial charge in [0.05, 0.1) is 17.6 Å². The molecule has 0 aliphatic carbocycles. The molecule has 0 radical (unpaired) electrons. The topological polar surface area (TPSA) is 64.3 Å². The van der Waals surface area contributed by atoms with E-state index in [2.05, 4.69) is 31.1 Å². The molecule has 0 saturated heterocycles. The van der Waals surface area contributed by atoms with Crippen LogP contribution in [0.4, 0.5) is 0 Å². The molecule has 0 fully saturated rings. The molecule has 3 aromatic carbocycles. The molecule has 0 saturated carbocycles. The Morgan fingerprint density at radius 2 is 1.50 bits per heavy atom. The summed E-state index contributed by atoms with van der Waals surface area (Å²) in [5, 5.41) is 16.2. The van der Waals surface area contributed by atoms with Crippen LogP contribution in [0.2, 0.25) is 0 Å². The summed E-state index contributed by atoms with van der Waals surface area (Å²) < 4.78 is 7.09. The van der Waals surface area contributed by atoms with Gasteiger partial charge in [-0.3, -0.25) is 4.79 Å². The highest BCUT2D eigenvalue weighted by Crippen LogP contribution is 2.32. The van der Waals surface area contributed by atoms with Crippen LogP contribution in [0.15, 0.2) is 83.7 Å². The van der Waals surface area contributed by atoms with Crippen molar-refractivity contribution in [3.63, 3.8) is 0 Å². The first-order chi connectivity index (χ1) is 15.4. The molecule has 1 N–H and O–H groups in total. The van der Waals surface area contributed by atoms with E-state index < -0.39 is 6.10 Å². The lowest BCUT2D eigenvalue weighted by Crippen LogP contribution is -2.32. The number of aryl methyl sites for hydroxylation is 1. The highest BCUT2D eigenvalue weighted by Gasteiger charge is 2.22. The summed E-state index contributed by atoms with van der Waals surface area (Å²) in [4.78, 5) is 12.7. The first-order valence-corrected chi connectivity index (χ1v) is 10.8. The van der Waals surface area contributed by atoms with Gasteiger partial charge in [-0.1, -0.05) is 74.5 Å². The summed E-state index contributed by atoms with van der Waals surface area (Å²) >= 11 is 0. The summed E-state index contributed by atoms with van der Waals surface area (Å²) in [6, 6.07) is 25.7. The minimum atomic E-state index is -0.860. The third kappa shape index (κ3) is 4.43. The molecule has 5 heteroatoms. The van der Waals surface area contributed by atoms with E-state index in [1.165, 1.54) is 15.8 Å². The first kappa shape index (κ1) is 21.8. The van der Waals surface area contributed by atoms with E-state index in [-0.39, 0.29) is 24.1 Å². The fourth-order valence-electron chi connectivity index (χ4n) is 3.96. The van der Waals surface area contributed by atoms with Gasteiger partial charge in [0.1, 0.15) is 18.5 Å². The molecule has 0 unspecified atom stereocenters. The monoisotopic (exact) mass is 428 g/mol. The van der Waals surface area contributed by atoms with Crippen molar-refractivity contribution < 1.29 is 9.84 Å². The minimum Gasteiger partial charge on any atom is -0.491 e. The second-order valence-electron chi connectivity index (χ2n) is 8.60. The Balaban J connectivity index is 1.42. The lowest BCUT2D eigenvalue weighted by atomic mass is 9.78. The lowest BCUT2D eigenvalue weighted by molar-refractivity contribution is 0.0880. The summed E-state index contributed by atoms with van der Waals surface area (Å²) in [5.74, 6) is 0.673. The van der Waals surface area contributed by atoms with Gasteiger partial charge in [0.25, 0.3) is 5.56 Å². The number of benzene rings is 3. The van der Waals surface area contributed by atoms with Crippen LogP contribution in [-0.2, 0) is 12.0 Å². The molecule has 5 nitrogen and oxygen atoms in total. The predicted octanol–water partition coefficient (Wildman–Crippen LogP) is 4.47. The van der Waals surface area contributed by atoms with Gasteiger partial charge in [-0.2, -0.15) is 5.10 Å². The van der Waals surface area contributed by atoms with E-state index in [0.29, 0.717) is 11.1 Å². The van der Waals surface area contributed by atoms with Crippen molar-refractivity contribution in [2.75, 3.05) is 6.61 Å². The van der Waals surface area contributed by atoms with Crippen molar-refractivity contribution in [3.8, 4) is 5.75 Å². The SMILES string of the molecule is Cc1nn(C[C@@H](O)COc2ccc(C(C)(C)c3ccccc3)cc2)c(=O)c2ccccc12. The van der Waals surface area contributed by atoms with Crippen molar-refractivity contribution in [1.82, 2.24) is 9.78 Å². The second kappa shape index (κ2) is 8.97. The largest absolute Gasteiger partial charge is 0.491 e. The average molecular weight is 429 g/mol. The molecule has 32 heavy (non-hydrogen) atoms. The second-order valence-corrected chi connectivity index (χ2v) is 8.60. The summed E-state index contributed by atoms with van der Waals surface area (Å²) in [6.07, 6.45) is -0.860. The summed E-state index contributed by atoms with van der Waals surface area (Å²) in [6.45, 7) is 6.39. The third-order valence-electron chi connectivity index (χ3n) is 5.95. The van der Waals surface area contributed by atoms with Crippen molar-refractivity contribution in [1.29, 1.82) is 0 Å². The molecule has 0 aliphatic rings. The molecule has 1 aromatic heterocycles. The van der Waals surface area contributed by atoms with E-state index in [1.807, 2.05) is 67.6 Å². The van der Waals surface area contributed by atoms with Crippen LogP contribution in [0.1, 0.15) is 30.7 Å². The maximum atomic E-state index is 12.7. The smallest absolute Gasteiger partial charge is 0.274 e. The molecule has 4 aromatic rings. The highest BCUT2D eigenvalue weighted by molar-refractivity contribution is 5.83. The number of fused-ring (bicyclic) bond motifs is 1. The Morgan fingerprint density at radius 3 is 2.19 bits per heavy atom. The van der Waals surface area contributed by atoms with E-state index in [9.17, 15) is 9.90 Å². The van der Waals surface area contributed by atoms with Gasteiger partial charge in [0.2, 0.25) is 0 Å². The zero-order valence-electron chi connectivity index (χ0n) is 18.7. The van der Waals surface area contributed by atoms with Crippen molar-refractivity contribution >= 4 is 10.8 Å². The molecule has 0 amide bonds. The number of aliphatic hydroxyl groups is 1. The Morgan fingerprint density at radius 1 is 0.906 bits per heavy atom. The Bertz CT molecular complexity index is 1260. The van der Waals surface area contributed by atoms with E-state index in [0.717, 1.165) is 11.1 Å². The fourth-order valence-corrected chi connectivity index (χ4v) is 3.96. The number of nitrogens with zero attached hydrogens (tertiary/aromatic N) is 2. The van der Waals surface area contributed by atoms with Gasteiger partial charge in [-0.25, -0.2) is 4.68 Å². The van der Waals surface area contributed by atoms with Crippen LogP contribution in [0.5, 0.6) is 5.75 Å². The van der Waals surface area contributed by atoms with Crippen LogP contribution in [0.25, 0.3) is 10.8 Å². The quantitative estimate of drug-likeness (QED) is 0.472. The average Bonchev–Trinajstić information content (AvgIpc) is 2.82.